The Bertz CT molecular complexity index is 1200. The van der Waals surface area contributed by atoms with Gasteiger partial charge in [-0.25, -0.2) is 0 Å². The van der Waals surface area contributed by atoms with Crippen molar-refractivity contribution in [2.75, 3.05) is 26.2 Å². The van der Waals surface area contributed by atoms with Crippen LogP contribution in [-0.4, -0.2) is 48.6 Å². The molecule has 3 aromatic rings. The minimum atomic E-state index is 0.366. The average Bonchev–Trinajstić information content (AvgIpc) is 3.29. The molecule has 0 atom stereocenters. The molecule has 3 N–H and O–H groups in total. The molecule has 38 heavy (non-hydrogen) atoms. The average molecular weight is 517 g/mol. The predicted octanol–water partition coefficient (Wildman–Crippen LogP) is 6.98. The van der Waals surface area contributed by atoms with Crippen molar-refractivity contribution >= 4 is 22.4 Å². The molecule has 6 heteroatoms. The fourth-order valence-corrected chi connectivity index (χ4v) is 5.12. The van der Waals surface area contributed by atoms with Gasteiger partial charge in [0.15, 0.2) is 0 Å². The highest BCUT2D eigenvalue weighted by molar-refractivity contribution is 6.02. The first-order valence-electron chi connectivity index (χ1n) is 14.2. The predicted molar refractivity (Wildman–Crippen MR) is 157 cm³/mol. The number of ether oxygens (including phenoxy) is 1. The van der Waals surface area contributed by atoms with Crippen LogP contribution in [0.15, 0.2) is 52.9 Å². The van der Waals surface area contributed by atoms with E-state index < -0.39 is 0 Å². The fourth-order valence-electron chi connectivity index (χ4n) is 5.12. The molecular formula is C32H44N4O2. The van der Waals surface area contributed by atoms with Crippen LogP contribution in [0.5, 0.6) is 5.75 Å². The lowest BCUT2D eigenvalue weighted by atomic mass is 9.81. The fraction of sp³-hybridized carbons (Fsp3) is 0.500. The maximum absolute atomic E-state index is 8.41. The first-order valence-corrected chi connectivity index (χ1v) is 14.2. The highest BCUT2D eigenvalue weighted by Gasteiger charge is 2.26. The Balaban J connectivity index is 0.000000786. The quantitative estimate of drug-likeness (QED) is 0.200. The number of nitrogens with zero attached hydrogens (tertiary/aromatic N) is 1. The number of benzene rings is 2. The molecule has 0 amide bonds. The number of piperidine rings is 1. The summed E-state index contributed by atoms with van der Waals surface area (Å²) < 4.78 is 12.1. The molecule has 0 unspecified atom stereocenters. The number of likely N-dealkylation sites (tertiary alicyclic amines) is 1. The van der Waals surface area contributed by atoms with Crippen LogP contribution in [0.4, 0.5) is 0 Å². The van der Waals surface area contributed by atoms with Crippen molar-refractivity contribution in [3.8, 4) is 5.75 Å². The number of nitrogens with one attached hydrogen (secondary N) is 3. The summed E-state index contributed by atoms with van der Waals surface area (Å²) in [6.07, 6.45) is 6.83. The number of rotatable bonds is 10. The minimum absolute atomic E-state index is 0.366. The van der Waals surface area contributed by atoms with Gasteiger partial charge in [0.05, 0.1) is 17.7 Å². The summed E-state index contributed by atoms with van der Waals surface area (Å²) in [5.41, 5.74) is 4.88. The van der Waals surface area contributed by atoms with E-state index in [4.69, 9.17) is 20.0 Å². The topological polar surface area (TPSA) is 85.3 Å². The Morgan fingerprint density at radius 1 is 1.03 bits per heavy atom. The first kappa shape index (κ1) is 28.1. The largest absolute Gasteiger partial charge is 0.493 e. The van der Waals surface area contributed by atoms with Crippen LogP contribution in [0, 0.1) is 23.7 Å². The van der Waals surface area contributed by atoms with Crippen LogP contribution in [0.3, 0.4) is 0 Å². The summed E-state index contributed by atoms with van der Waals surface area (Å²) in [6, 6.07) is 17.4. The summed E-state index contributed by atoms with van der Waals surface area (Å²) in [5, 5.41) is 19.6. The third kappa shape index (κ3) is 8.02. The molecule has 1 saturated carbocycles. The van der Waals surface area contributed by atoms with Crippen LogP contribution in [0.2, 0.25) is 0 Å². The summed E-state index contributed by atoms with van der Waals surface area (Å²) in [7, 11) is 0. The van der Waals surface area contributed by atoms with Crippen molar-refractivity contribution in [1.29, 1.82) is 10.8 Å². The van der Waals surface area contributed by atoms with E-state index >= 15 is 0 Å². The Kier molecular flexibility index (Phi) is 10.1. The SMILES string of the molecule is CC(C)=N.Cc1cccc(CN2CCC(NCCCOc3cccc4oc(C(=N)C5CCC5)cc34)CC2)c1. The molecule has 0 spiro atoms. The van der Waals surface area contributed by atoms with Gasteiger partial charge in [0.25, 0.3) is 0 Å². The highest BCUT2D eigenvalue weighted by Crippen LogP contribution is 2.34. The monoisotopic (exact) mass is 516 g/mol. The highest BCUT2D eigenvalue weighted by atomic mass is 16.5. The zero-order chi connectivity index (χ0) is 26.9. The summed E-state index contributed by atoms with van der Waals surface area (Å²) >= 11 is 0. The Hall–Kier alpha value is -2.96. The molecule has 2 heterocycles. The first-order chi connectivity index (χ1) is 18.4. The number of furan rings is 1. The van der Waals surface area contributed by atoms with Crippen LogP contribution < -0.4 is 10.1 Å². The molecule has 0 radical (unpaired) electrons. The van der Waals surface area contributed by atoms with Gasteiger partial charge in [-0.15, -0.1) is 0 Å². The van der Waals surface area contributed by atoms with Crippen LogP contribution in [-0.2, 0) is 6.54 Å². The lowest BCUT2D eigenvalue weighted by Gasteiger charge is -2.32. The van der Waals surface area contributed by atoms with Crippen molar-refractivity contribution in [1.82, 2.24) is 10.2 Å². The van der Waals surface area contributed by atoms with Gasteiger partial charge in [-0.05, 0) is 96.3 Å². The molecule has 1 aromatic heterocycles. The molecule has 6 nitrogen and oxygen atoms in total. The van der Waals surface area contributed by atoms with E-state index in [1.54, 1.807) is 13.8 Å². The van der Waals surface area contributed by atoms with Crippen molar-refractivity contribution in [2.45, 2.75) is 71.9 Å². The smallest absolute Gasteiger partial charge is 0.149 e. The van der Waals surface area contributed by atoms with E-state index in [2.05, 4.69) is 41.4 Å². The molecule has 204 valence electrons. The van der Waals surface area contributed by atoms with Gasteiger partial charge in [0, 0.05) is 24.2 Å². The molecule has 5 rings (SSSR count). The molecule has 2 fully saturated rings. The van der Waals surface area contributed by atoms with Gasteiger partial charge >= 0.3 is 0 Å². The van der Waals surface area contributed by atoms with Crippen molar-refractivity contribution in [3.63, 3.8) is 0 Å². The van der Waals surface area contributed by atoms with Gasteiger partial charge in [0.2, 0.25) is 0 Å². The molecule has 1 aliphatic carbocycles. The van der Waals surface area contributed by atoms with E-state index in [1.165, 1.54) is 30.4 Å². The molecular weight excluding hydrogens is 472 g/mol. The van der Waals surface area contributed by atoms with Crippen LogP contribution >= 0.6 is 0 Å². The number of hydrogen-bond acceptors (Lipinski definition) is 6. The number of hydrogen-bond donors (Lipinski definition) is 3. The van der Waals surface area contributed by atoms with Gasteiger partial charge in [0.1, 0.15) is 17.1 Å². The lowest BCUT2D eigenvalue weighted by molar-refractivity contribution is 0.189. The minimum Gasteiger partial charge on any atom is -0.493 e. The van der Waals surface area contributed by atoms with Crippen molar-refractivity contribution in [3.05, 3.63) is 65.4 Å². The zero-order valence-electron chi connectivity index (χ0n) is 23.3. The Labute approximate surface area is 227 Å². The maximum atomic E-state index is 8.41. The van der Waals surface area contributed by atoms with Crippen molar-refractivity contribution < 1.29 is 9.15 Å². The second-order valence-corrected chi connectivity index (χ2v) is 11.0. The second kappa shape index (κ2) is 13.7. The molecule has 0 bridgehead atoms. The van der Waals surface area contributed by atoms with Gasteiger partial charge < -0.3 is 25.3 Å². The van der Waals surface area contributed by atoms with Gasteiger partial charge in [-0.3, -0.25) is 4.90 Å². The molecule has 2 aromatic carbocycles. The third-order valence-corrected chi connectivity index (χ3v) is 7.39. The zero-order valence-corrected chi connectivity index (χ0v) is 23.3. The van der Waals surface area contributed by atoms with Crippen molar-refractivity contribution in [2.24, 2.45) is 5.92 Å². The Morgan fingerprint density at radius 2 is 1.76 bits per heavy atom. The van der Waals surface area contributed by atoms with Crippen LogP contribution in [0.1, 0.15) is 69.3 Å². The summed E-state index contributed by atoms with van der Waals surface area (Å²) in [5.74, 6) is 1.93. The van der Waals surface area contributed by atoms with Crippen LogP contribution in [0.25, 0.3) is 11.0 Å². The molecule has 2 aliphatic rings. The number of aryl methyl sites for hydroxylation is 1. The standard InChI is InChI=1S/C29H37N3O2.C3H7N/c1-21-6-2-7-22(18-21)20-32-15-12-24(13-16-32)31-14-5-17-33-26-10-4-11-27-25(26)19-28(34-27)29(30)23-8-3-9-23;1-3(2)4/h2,4,6-7,10-11,18-19,23-24,30-31H,3,5,8-9,12-17,20H2,1H3;4H,1-2H3. The van der Waals surface area contributed by atoms with E-state index in [0.29, 0.717) is 35.8 Å². The van der Waals surface area contributed by atoms with E-state index in [1.807, 2.05) is 24.3 Å². The molecule has 1 aliphatic heterocycles. The van der Waals surface area contributed by atoms with E-state index in [0.717, 1.165) is 62.2 Å². The summed E-state index contributed by atoms with van der Waals surface area (Å²) in [4.78, 5) is 2.57. The van der Waals surface area contributed by atoms with Gasteiger partial charge in [-0.2, -0.15) is 0 Å². The van der Waals surface area contributed by atoms with E-state index in [-0.39, 0.29) is 0 Å². The lowest BCUT2D eigenvalue weighted by Crippen LogP contribution is -2.42. The maximum Gasteiger partial charge on any atom is 0.149 e. The third-order valence-electron chi connectivity index (χ3n) is 7.39. The van der Waals surface area contributed by atoms with Gasteiger partial charge in [-0.1, -0.05) is 42.3 Å². The van der Waals surface area contributed by atoms with E-state index in [9.17, 15) is 0 Å². The normalized spacial score (nSPS) is 16.5. The number of fused-ring (bicyclic) bond motifs is 1. The molecule has 1 saturated heterocycles. The summed E-state index contributed by atoms with van der Waals surface area (Å²) in [6.45, 7) is 10.7. The Morgan fingerprint density at radius 3 is 2.45 bits per heavy atom. The second-order valence-electron chi connectivity index (χ2n) is 11.0.